The summed E-state index contributed by atoms with van der Waals surface area (Å²) in [7, 11) is -3.79. The van der Waals surface area contributed by atoms with Crippen LogP contribution in [0.3, 0.4) is 0 Å². The monoisotopic (exact) mass is 524 g/mol. The zero-order chi connectivity index (χ0) is 25.3. The summed E-state index contributed by atoms with van der Waals surface area (Å²) in [5.41, 5.74) is 1.83. The maximum atomic E-state index is 13.2. The van der Waals surface area contributed by atoms with Crippen LogP contribution in [0.4, 0.5) is 0 Å². The van der Waals surface area contributed by atoms with Crippen LogP contribution in [0.25, 0.3) is 0 Å². The van der Waals surface area contributed by atoms with E-state index >= 15 is 0 Å². The molecule has 2 N–H and O–H groups in total. The topological polar surface area (TPSA) is 120 Å². The average Bonchev–Trinajstić information content (AvgIpc) is 3.58. The van der Waals surface area contributed by atoms with E-state index in [1.807, 2.05) is 17.5 Å². The largest absolute Gasteiger partial charge is 0.507 e. The number of hydrogen-bond donors (Lipinski definition) is 2. The molecule has 0 bridgehead atoms. The standard InChI is InChI=1S/C27H28N2O5S2/c28-15-17-7-11-19(12-8-17)36(32,33)29-16-23-21(13-14-35-23)24(18-9-10-18)25-26(30)20-5-3-1-2-4-6-22(20)34-27(25)31/h7-8,11-14,18,24,29-30H,1-6,9-10,16H2. The van der Waals surface area contributed by atoms with Crippen molar-refractivity contribution >= 4 is 21.4 Å². The van der Waals surface area contributed by atoms with Crippen LogP contribution in [-0.2, 0) is 29.4 Å². The number of nitriles is 1. The van der Waals surface area contributed by atoms with Gasteiger partial charge in [0.2, 0.25) is 10.0 Å². The summed E-state index contributed by atoms with van der Waals surface area (Å²) in [6.07, 6.45) is 7.29. The summed E-state index contributed by atoms with van der Waals surface area (Å²) in [5.74, 6) is 0.540. The minimum Gasteiger partial charge on any atom is -0.507 e. The highest BCUT2D eigenvalue weighted by molar-refractivity contribution is 7.89. The van der Waals surface area contributed by atoms with Gasteiger partial charge in [-0.25, -0.2) is 17.9 Å². The molecule has 0 spiro atoms. The Morgan fingerprint density at radius 1 is 1.11 bits per heavy atom. The summed E-state index contributed by atoms with van der Waals surface area (Å²) in [6, 6.07) is 9.66. The molecule has 1 unspecified atom stereocenters. The van der Waals surface area contributed by atoms with Crippen molar-refractivity contribution in [3.8, 4) is 11.8 Å². The summed E-state index contributed by atoms with van der Waals surface area (Å²) in [5, 5.41) is 22.2. The van der Waals surface area contributed by atoms with Gasteiger partial charge < -0.3 is 9.52 Å². The highest BCUT2D eigenvalue weighted by Gasteiger charge is 2.39. The lowest BCUT2D eigenvalue weighted by Crippen LogP contribution is -2.24. The predicted octanol–water partition coefficient (Wildman–Crippen LogP) is 4.96. The fourth-order valence-electron chi connectivity index (χ4n) is 5.09. The number of thiophene rings is 1. The normalized spacial score (nSPS) is 17.0. The van der Waals surface area contributed by atoms with Gasteiger partial charge in [-0.2, -0.15) is 5.26 Å². The predicted molar refractivity (Wildman–Crippen MR) is 137 cm³/mol. The summed E-state index contributed by atoms with van der Waals surface area (Å²) in [4.78, 5) is 14.1. The van der Waals surface area contributed by atoms with Gasteiger partial charge in [0.1, 0.15) is 11.5 Å². The van der Waals surface area contributed by atoms with E-state index in [1.165, 1.54) is 35.6 Å². The molecule has 0 saturated heterocycles. The Labute approximate surface area is 214 Å². The fourth-order valence-corrected chi connectivity index (χ4v) is 7.05. The average molecular weight is 525 g/mol. The van der Waals surface area contributed by atoms with E-state index in [2.05, 4.69) is 4.72 Å². The molecular weight excluding hydrogens is 496 g/mol. The number of hydrogen-bond acceptors (Lipinski definition) is 7. The first kappa shape index (κ1) is 24.8. The minimum atomic E-state index is -3.79. The highest BCUT2D eigenvalue weighted by atomic mass is 32.2. The second-order valence-corrected chi connectivity index (χ2v) is 12.3. The number of fused-ring (bicyclic) bond motifs is 1. The molecule has 7 nitrogen and oxygen atoms in total. The quantitative estimate of drug-likeness (QED) is 0.451. The first-order valence-electron chi connectivity index (χ1n) is 12.3. The molecule has 2 aromatic heterocycles. The third-order valence-corrected chi connectivity index (χ3v) is 9.48. The zero-order valence-corrected chi connectivity index (χ0v) is 21.5. The van der Waals surface area contributed by atoms with E-state index in [-0.39, 0.29) is 29.0 Å². The Morgan fingerprint density at radius 2 is 1.83 bits per heavy atom. The molecule has 1 fully saturated rings. The number of sulfonamides is 1. The smallest absolute Gasteiger partial charge is 0.343 e. The van der Waals surface area contributed by atoms with Gasteiger partial charge in [-0.3, -0.25) is 0 Å². The Bertz CT molecular complexity index is 1460. The van der Waals surface area contributed by atoms with Crippen molar-refractivity contribution < 1.29 is 17.9 Å². The van der Waals surface area contributed by atoms with Crippen LogP contribution in [0.2, 0.25) is 0 Å². The first-order valence-corrected chi connectivity index (χ1v) is 14.7. The number of nitrogens with one attached hydrogen (secondary N) is 1. The summed E-state index contributed by atoms with van der Waals surface area (Å²) >= 11 is 1.42. The van der Waals surface area contributed by atoms with Crippen molar-refractivity contribution in [2.24, 2.45) is 5.92 Å². The third-order valence-electron chi connectivity index (χ3n) is 7.13. The van der Waals surface area contributed by atoms with E-state index in [4.69, 9.17) is 9.68 Å². The molecular formula is C27H28N2O5S2. The SMILES string of the molecule is N#Cc1ccc(S(=O)(=O)NCc2sccc2C(c2c(O)c3c(oc2=O)CCCCCC3)C2CC2)cc1. The van der Waals surface area contributed by atoms with Crippen molar-refractivity contribution in [3.05, 3.63) is 79.0 Å². The first-order chi connectivity index (χ1) is 17.4. The van der Waals surface area contributed by atoms with E-state index in [0.29, 0.717) is 29.7 Å². The van der Waals surface area contributed by atoms with Crippen LogP contribution in [0.5, 0.6) is 5.75 Å². The van der Waals surface area contributed by atoms with Gasteiger partial charge in [0, 0.05) is 29.3 Å². The van der Waals surface area contributed by atoms with Crippen LogP contribution in [-0.4, -0.2) is 13.5 Å². The molecule has 36 heavy (non-hydrogen) atoms. The fraction of sp³-hybridized carbons (Fsp3) is 0.407. The minimum absolute atomic E-state index is 0.0651. The van der Waals surface area contributed by atoms with Crippen molar-refractivity contribution in [2.75, 3.05) is 0 Å². The molecule has 188 valence electrons. The van der Waals surface area contributed by atoms with Crippen LogP contribution in [0, 0.1) is 17.2 Å². The van der Waals surface area contributed by atoms with E-state index in [0.717, 1.165) is 54.5 Å². The molecule has 2 aliphatic rings. The molecule has 2 heterocycles. The maximum absolute atomic E-state index is 13.2. The number of nitrogens with zero attached hydrogens (tertiary/aromatic N) is 1. The summed E-state index contributed by atoms with van der Waals surface area (Å²) < 4.78 is 34.2. The Morgan fingerprint density at radius 3 is 2.53 bits per heavy atom. The zero-order valence-electron chi connectivity index (χ0n) is 19.8. The van der Waals surface area contributed by atoms with Gasteiger partial charge in [-0.05, 0) is 79.3 Å². The van der Waals surface area contributed by atoms with Gasteiger partial charge in [-0.15, -0.1) is 11.3 Å². The highest BCUT2D eigenvalue weighted by Crippen LogP contribution is 2.50. The van der Waals surface area contributed by atoms with Gasteiger partial charge in [-0.1, -0.05) is 12.8 Å². The van der Waals surface area contributed by atoms with E-state index in [9.17, 15) is 18.3 Å². The van der Waals surface area contributed by atoms with Crippen LogP contribution < -0.4 is 10.3 Å². The molecule has 1 aromatic carbocycles. The van der Waals surface area contributed by atoms with Gasteiger partial charge in [0.15, 0.2) is 0 Å². The molecule has 0 amide bonds. The van der Waals surface area contributed by atoms with Crippen LogP contribution in [0.1, 0.15) is 77.3 Å². The van der Waals surface area contributed by atoms with Crippen LogP contribution >= 0.6 is 11.3 Å². The molecule has 2 aliphatic carbocycles. The van der Waals surface area contributed by atoms with Crippen molar-refractivity contribution in [1.82, 2.24) is 4.72 Å². The molecule has 9 heteroatoms. The second kappa shape index (κ2) is 10.2. The maximum Gasteiger partial charge on any atom is 0.343 e. The van der Waals surface area contributed by atoms with Gasteiger partial charge >= 0.3 is 5.63 Å². The lowest BCUT2D eigenvalue weighted by molar-refractivity contribution is 0.382. The Hall–Kier alpha value is -2.93. The third kappa shape index (κ3) is 4.99. The number of rotatable bonds is 7. The van der Waals surface area contributed by atoms with Crippen molar-refractivity contribution in [1.29, 1.82) is 5.26 Å². The summed E-state index contributed by atoms with van der Waals surface area (Å²) in [6.45, 7) is 0.0651. The Balaban J connectivity index is 1.46. The van der Waals surface area contributed by atoms with Crippen molar-refractivity contribution in [2.45, 2.75) is 68.7 Å². The molecule has 0 radical (unpaired) electrons. The van der Waals surface area contributed by atoms with E-state index in [1.54, 1.807) is 0 Å². The molecule has 0 aliphatic heterocycles. The molecule has 5 rings (SSSR count). The molecule has 1 atom stereocenters. The lowest BCUT2D eigenvalue weighted by atomic mass is 9.85. The van der Waals surface area contributed by atoms with Crippen LogP contribution in [0.15, 0.2) is 49.8 Å². The Kier molecular flexibility index (Phi) is 7.02. The molecule has 3 aromatic rings. The number of benzene rings is 1. The number of aromatic hydroxyl groups is 1. The van der Waals surface area contributed by atoms with Gasteiger partial charge in [0.25, 0.3) is 0 Å². The second-order valence-electron chi connectivity index (χ2n) is 9.54. The molecule has 1 saturated carbocycles. The van der Waals surface area contributed by atoms with E-state index < -0.39 is 15.6 Å². The van der Waals surface area contributed by atoms with Crippen molar-refractivity contribution in [3.63, 3.8) is 0 Å². The number of aryl methyl sites for hydroxylation is 1. The lowest BCUT2D eigenvalue weighted by Gasteiger charge is -2.21. The van der Waals surface area contributed by atoms with Gasteiger partial charge in [0.05, 0.1) is 22.1 Å².